The smallest absolute Gasteiger partial charge is 0.270 e. The monoisotopic (exact) mass is 448 g/mol. The van der Waals surface area contributed by atoms with Crippen LogP contribution in [0.25, 0.3) is 0 Å². The first kappa shape index (κ1) is 27.9. The van der Waals surface area contributed by atoms with Crippen LogP contribution in [0, 0.1) is 11.8 Å². The Morgan fingerprint density at radius 2 is 1.62 bits per heavy atom. The molecule has 0 heterocycles. The van der Waals surface area contributed by atoms with E-state index in [2.05, 4.69) is 28.6 Å². The van der Waals surface area contributed by atoms with Crippen molar-refractivity contribution in [3.05, 3.63) is 24.3 Å². The molecule has 5 nitrogen and oxygen atoms in total. The van der Waals surface area contributed by atoms with Crippen molar-refractivity contribution in [3.63, 3.8) is 0 Å². The van der Waals surface area contributed by atoms with E-state index >= 15 is 0 Å². The van der Waals surface area contributed by atoms with Crippen molar-refractivity contribution < 1.29 is 19.1 Å². The van der Waals surface area contributed by atoms with Crippen LogP contribution in [-0.4, -0.2) is 42.3 Å². The lowest BCUT2D eigenvalue weighted by molar-refractivity contribution is -0.130. The number of carbonyl (C=O) groups is 2. The fourth-order valence-electron chi connectivity index (χ4n) is 3.49. The van der Waals surface area contributed by atoms with Crippen LogP contribution in [0.1, 0.15) is 89.9 Å². The topological polar surface area (TPSA) is 78.4 Å². The summed E-state index contributed by atoms with van der Waals surface area (Å²) in [5.74, 6) is 4.76. The zero-order valence-electron chi connectivity index (χ0n) is 19.5. The van der Waals surface area contributed by atoms with E-state index in [1.54, 1.807) is 6.08 Å². The fraction of sp³-hybridized carbons (Fsp3) is 0.692. The van der Waals surface area contributed by atoms with E-state index in [1.807, 2.05) is 12.2 Å². The number of aliphatic hydroxyl groups excluding tert-OH is 1. The largest absolute Gasteiger partial charge is 0.392 e. The molecule has 0 aliphatic heterocycles. The molecule has 1 rings (SSSR count). The van der Waals surface area contributed by atoms with Crippen LogP contribution >= 0.6 is 0 Å². The van der Waals surface area contributed by atoms with Gasteiger partial charge in [-0.2, -0.15) is 0 Å². The van der Waals surface area contributed by atoms with Crippen LogP contribution in [0.5, 0.6) is 0 Å². The van der Waals surface area contributed by atoms with Crippen molar-refractivity contribution in [2.75, 3.05) is 19.7 Å². The van der Waals surface area contributed by atoms with Crippen LogP contribution in [-0.2, 0) is 9.59 Å². The van der Waals surface area contributed by atoms with E-state index in [1.165, 1.54) is 0 Å². The Morgan fingerprint density at radius 3 is 2.44 bits per heavy atom. The molecule has 6 heteroatoms. The van der Waals surface area contributed by atoms with Crippen LogP contribution in [0.3, 0.4) is 0 Å². The summed E-state index contributed by atoms with van der Waals surface area (Å²) in [5, 5.41) is 14.2. The predicted octanol–water partition coefficient (Wildman–Crippen LogP) is 4.51. The minimum absolute atomic E-state index is 0.0696. The molecule has 1 unspecified atom stereocenters. The predicted molar refractivity (Wildman–Crippen MR) is 128 cm³/mol. The number of alkyl halides is 1. The quantitative estimate of drug-likeness (QED) is 0.185. The number of hydrogen-bond acceptors (Lipinski definition) is 3. The van der Waals surface area contributed by atoms with Crippen LogP contribution in [0.2, 0.25) is 0 Å². The lowest BCUT2D eigenvalue weighted by Gasteiger charge is -2.20. The number of carbonyl (C=O) groups excluding carboxylic acids is 2. The fourth-order valence-corrected chi connectivity index (χ4v) is 3.49. The summed E-state index contributed by atoms with van der Waals surface area (Å²) >= 11 is 0. The second kappa shape index (κ2) is 18.4. The normalized spacial score (nSPS) is 18.7. The maximum Gasteiger partial charge on any atom is 0.270 e. The molecule has 0 saturated carbocycles. The molecule has 180 valence electrons. The molecule has 0 bridgehead atoms. The molecule has 2 amide bonds. The minimum Gasteiger partial charge on any atom is -0.392 e. The number of hydrogen-bond donors (Lipinski definition) is 3. The van der Waals surface area contributed by atoms with E-state index in [9.17, 15) is 14.0 Å². The van der Waals surface area contributed by atoms with Gasteiger partial charge in [-0.25, -0.2) is 4.39 Å². The van der Waals surface area contributed by atoms with E-state index < -0.39 is 11.6 Å². The van der Waals surface area contributed by atoms with Gasteiger partial charge in [0.25, 0.3) is 5.91 Å². The van der Waals surface area contributed by atoms with Gasteiger partial charge >= 0.3 is 0 Å². The second-order valence-electron chi connectivity index (χ2n) is 8.32. The number of amides is 2. The molecule has 0 aromatic carbocycles. The number of halogens is 1. The first-order chi connectivity index (χ1) is 15.6. The van der Waals surface area contributed by atoms with Gasteiger partial charge in [-0.05, 0) is 44.9 Å². The summed E-state index contributed by atoms with van der Waals surface area (Å²) in [5.41, 5.74) is -2.05. The molecule has 1 aliphatic carbocycles. The SMILES string of the molecule is O=C(CCCCCNC(=O)C1(F)C#CCCCCC1)NCCCCCC/C=C/C=C/CO. The molecule has 0 saturated heterocycles. The van der Waals surface area contributed by atoms with Crippen molar-refractivity contribution >= 4 is 11.8 Å². The van der Waals surface area contributed by atoms with Gasteiger partial charge in [0.2, 0.25) is 11.6 Å². The molecular weight excluding hydrogens is 407 g/mol. The highest BCUT2D eigenvalue weighted by atomic mass is 19.1. The molecule has 0 aromatic heterocycles. The first-order valence-electron chi connectivity index (χ1n) is 12.2. The Bertz CT molecular complexity index is 651. The molecule has 3 N–H and O–H groups in total. The van der Waals surface area contributed by atoms with Crippen molar-refractivity contribution in [1.82, 2.24) is 10.6 Å². The van der Waals surface area contributed by atoms with E-state index in [0.717, 1.165) is 64.2 Å². The molecule has 32 heavy (non-hydrogen) atoms. The highest BCUT2D eigenvalue weighted by Crippen LogP contribution is 2.22. The average Bonchev–Trinajstić information content (AvgIpc) is 2.77. The summed E-state index contributed by atoms with van der Waals surface area (Å²) < 4.78 is 14.7. The number of aliphatic hydroxyl groups is 1. The summed E-state index contributed by atoms with van der Waals surface area (Å²) in [6.45, 7) is 1.20. The molecule has 0 aromatic rings. The third-order valence-corrected chi connectivity index (χ3v) is 5.44. The highest BCUT2D eigenvalue weighted by molar-refractivity contribution is 5.88. The van der Waals surface area contributed by atoms with Crippen molar-refractivity contribution in [1.29, 1.82) is 0 Å². The Morgan fingerprint density at radius 1 is 0.906 bits per heavy atom. The third kappa shape index (κ3) is 14.0. The van der Waals surface area contributed by atoms with Gasteiger partial charge in [0, 0.05) is 32.4 Å². The van der Waals surface area contributed by atoms with Gasteiger partial charge < -0.3 is 15.7 Å². The van der Waals surface area contributed by atoms with E-state index in [0.29, 0.717) is 32.4 Å². The third-order valence-electron chi connectivity index (χ3n) is 5.44. The number of allylic oxidation sites excluding steroid dienone is 3. The Kier molecular flexibility index (Phi) is 16.1. The summed E-state index contributed by atoms with van der Waals surface area (Å²) in [6, 6.07) is 0. The lowest BCUT2D eigenvalue weighted by atomic mass is 9.94. The Balaban J connectivity index is 1.96. The zero-order chi connectivity index (χ0) is 23.3. The van der Waals surface area contributed by atoms with Crippen molar-refractivity contribution in [3.8, 4) is 11.8 Å². The van der Waals surface area contributed by atoms with Crippen molar-refractivity contribution in [2.45, 2.75) is 95.6 Å². The van der Waals surface area contributed by atoms with Gasteiger partial charge in [0.1, 0.15) is 0 Å². The standard InChI is InChI=1S/C26H41FN2O3/c27-26(19-13-7-6-8-14-20-26)25(32)29-22-16-11-12-18-24(31)28-21-15-9-4-2-1-3-5-10-17-23-30/h3,5,10,17,30H,1-2,4,6-9,11-13,15-16,18-19,21-23H2,(H,28,31)(H,29,32)/b5-3+,17-10+. The number of unbranched alkanes of at least 4 members (excludes halogenated alkanes) is 6. The summed E-state index contributed by atoms with van der Waals surface area (Å²) in [6.07, 6.45) is 19.2. The van der Waals surface area contributed by atoms with Crippen LogP contribution in [0.4, 0.5) is 4.39 Å². The van der Waals surface area contributed by atoms with Gasteiger partial charge in [-0.1, -0.05) is 61.8 Å². The first-order valence-corrected chi connectivity index (χ1v) is 12.2. The van der Waals surface area contributed by atoms with Gasteiger partial charge in [0.05, 0.1) is 6.61 Å². The van der Waals surface area contributed by atoms with Crippen molar-refractivity contribution in [2.24, 2.45) is 0 Å². The summed E-state index contributed by atoms with van der Waals surface area (Å²) in [4.78, 5) is 24.0. The van der Waals surface area contributed by atoms with Crippen LogP contribution in [0.15, 0.2) is 24.3 Å². The number of nitrogens with one attached hydrogen (secondary N) is 2. The average molecular weight is 449 g/mol. The molecule has 0 radical (unpaired) electrons. The molecule has 0 spiro atoms. The van der Waals surface area contributed by atoms with Gasteiger partial charge in [-0.15, -0.1) is 0 Å². The maximum absolute atomic E-state index is 14.7. The Labute approximate surface area is 193 Å². The zero-order valence-corrected chi connectivity index (χ0v) is 19.5. The molecular formula is C26H41FN2O3. The molecule has 0 fully saturated rings. The summed E-state index contributed by atoms with van der Waals surface area (Å²) in [7, 11) is 0. The van der Waals surface area contributed by atoms with Gasteiger partial charge in [0.15, 0.2) is 0 Å². The van der Waals surface area contributed by atoms with E-state index in [4.69, 9.17) is 5.11 Å². The molecule has 1 atom stereocenters. The molecule has 1 aliphatic rings. The maximum atomic E-state index is 14.7. The van der Waals surface area contributed by atoms with E-state index in [-0.39, 0.29) is 18.9 Å². The second-order valence-corrected chi connectivity index (χ2v) is 8.32. The Hall–Kier alpha value is -2.13. The van der Waals surface area contributed by atoms with Crippen LogP contribution < -0.4 is 10.6 Å². The number of rotatable bonds is 16. The van der Waals surface area contributed by atoms with Gasteiger partial charge in [-0.3, -0.25) is 9.59 Å². The highest BCUT2D eigenvalue weighted by Gasteiger charge is 2.36. The minimum atomic E-state index is -2.05. The lowest BCUT2D eigenvalue weighted by Crippen LogP contribution is -2.43.